The van der Waals surface area contributed by atoms with E-state index in [0.717, 1.165) is 48.2 Å². The van der Waals surface area contributed by atoms with Crippen LogP contribution in [-0.4, -0.2) is 27.5 Å². The molecule has 1 saturated heterocycles. The molecule has 25 heavy (non-hydrogen) atoms. The Balaban J connectivity index is 1.49. The van der Waals surface area contributed by atoms with Crippen LogP contribution < -0.4 is 5.56 Å². The van der Waals surface area contributed by atoms with Gasteiger partial charge in [0.25, 0.3) is 5.56 Å². The Hall–Kier alpha value is -2.46. The fourth-order valence-electron chi connectivity index (χ4n) is 3.88. The Morgan fingerprint density at radius 3 is 2.84 bits per heavy atom. The zero-order valence-electron chi connectivity index (χ0n) is 14.6. The van der Waals surface area contributed by atoms with E-state index < -0.39 is 0 Å². The predicted molar refractivity (Wildman–Crippen MR) is 101 cm³/mol. The number of aromatic nitrogens is 2. The van der Waals surface area contributed by atoms with Gasteiger partial charge in [0.2, 0.25) is 0 Å². The molecule has 4 heteroatoms. The Morgan fingerprint density at radius 1 is 1.16 bits per heavy atom. The first-order valence-corrected chi connectivity index (χ1v) is 8.90. The summed E-state index contributed by atoms with van der Waals surface area (Å²) < 4.78 is 1.77. The normalized spacial score (nSPS) is 18.0. The van der Waals surface area contributed by atoms with Crippen LogP contribution in [0.15, 0.2) is 59.5 Å². The summed E-state index contributed by atoms with van der Waals surface area (Å²) in [6.45, 7) is 2.82. The zero-order valence-corrected chi connectivity index (χ0v) is 14.6. The van der Waals surface area contributed by atoms with Crippen LogP contribution >= 0.6 is 0 Å². The number of para-hydroxylation sites is 1. The van der Waals surface area contributed by atoms with E-state index in [-0.39, 0.29) is 5.56 Å². The lowest BCUT2D eigenvalue weighted by atomic mass is 10.0. The molecule has 0 bridgehead atoms. The van der Waals surface area contributed by atoms with E-state index in [2.05, 4.69) is 28.1 Å². The molecule has 3 heterocycles. The van der Waals surface area contributed by atoms with Gasteiger partial charge in [0.05, 0.1) is 5.52 Å². The zero-order chi connectivity index (χ0) is 17.2. The fraction of sp³-hybridized carbons (Fsp3) is 0.333. The van der Waals surface area contributed by atoms with Gasteiger partial charge in [0, 0.05) is 37.6 Å². The van der Waals surface area contributed by atoms with Crippen molar-refractivity contribution in [2.45, 2.75) is 19.4 Å². The third-order valence-electron chi connectivity index (χ3n) is 5.20. The lowest BCUT2D eigenvalue weighted by Crippen LogP contribution is -2.28. The second-order valence-electron chi connectivity index (χ2n) is 7.01. The van der Waals surface area contributed by atoms with Gasteiger partial charge in [-0.3, -0.25) is 14.7 Å². The lowest BCUT2D eigenvalue weighted by molar-refractivity contribution is 0.314. The fourth-order valence-corrected chi connectivity index (χ4v) is 3.88. The summed E-state index contributed by atoms with van der Waals surface area (Å²) in [5, 5.41) is 1.13. The van der Waals surface area contributed by atoms with Gasteiger partial charge in [-0.15, -0.1) is 0 Å². The highest BCUT2D eigenvalue weighted by Gasteiger charge is 2.24. The van der Waals surface area contributed by atoms with E-state index in [1.807, 2.05) is 43.6 Å². The molecule has 1 aliphatic rings. The van der Waals surface area contributed by atoms with Gasteiger partial charge in [-0.1, -0.05) is 24.3 Å². The molecule has 1 fully saturated rings. The summed E-state index contributed by atoms with van der Waals surface area (Å²) in [5.41, 5.74) is 3.16. The summed E-state index contributed by atoms with van der Waals surface area (Å²) in [7, 11) is 1.86. The number of fused-ring (bicyclic) bond motifs is 1. The van der Waals surface area contributed by atoms with Crippen molar-refractivity contribution in [2.75, 3.05) is 13.1 Å². The van der Waals surface area contributed by atoms with E-state index >= 15 is 0 Å². The average Bonchev–Trinajstić information content (AvgIpc) is 3.07. The number of aryl methyl sites for hydroxylation is 1. The Kier molecular flexibility index (Phi) is 4.36. The highest BCUT2D eigenvalue weighted by Crippen LogP contribution is 2.22. The van der Waals surface area contributed by atoms with Crippen LogP contribution in [0.2, 0.25) is 0 Å². The molecule has 1 unspecified atom stereocenters. The Labute approximate surface area is 147 Å². The van der Waals surface area contributed by atoms with Crippen molar-refractivity contribution < 1.29 is 0 Å². The molecule has 1 aliphatic heterocycles. The number of hydrogen-bond donors (Lipinski definition) is 0. The molecule has 4 rings (SSSR count). The van der Waals surface area contributed by atoms with Crippen LogP contribution in [0.4, 0.5) is 0 Å². The standard InChI is InChI=1S/C21H23N3O/c1-23-20-8-3-2-6-17(20)13-18(21(23)25)15-24-11-9-16(14-24)12-19-7-4-5-10-22-19/h2-8,10,13,16H,9,11-12,14-15H2,1H3. The lowest BCUT2D eigenvalue weighted by Gasteiger charge is -2.17. The van der Waals surface area contributed by atoms with E-state index in [0.29, 0.717) is 5.92 Å². The molecule has 128 valence electrons. The average molecular weight is 333 g/mol. The summed E-state index contributed by atoms with van der Waals surface area (Å²) in [6, 6.07) is 16.2. The number of pyridine rings is 2. The van der Waals surface area contributed by atoms with Gasteiger partial charge in [-0.2, -0.15) is 0 Å². The largest absolute Gasteiger partial charge is 0.311 e. The molecular weight excluding hydrogens is 310 g/mol. The molecule has 1 aromatic carbocycles. The third kappa shape index (κ3) is 3.35. The van der Waals surface area contributed by atoms with Gasteiger partial charge in [-0.25, -0.2) is 0 Å². The van der Waals surface area contributed by atoms with Crippen LogP contribution in [0, 0.1) is 5.92 Å². The topological polar surface area (TPSA) is 38.1 Å². The Morgan fingerprint density at radius 2 is 2.00 bits per heavy atom. The maximum absolute atomic E-state index is 12.7. The maximum Gasteiger partial charge on any atom is 0.255 e. The second kappa shape index (κ2) is 6.81. The summed E-state index contributed by atoms with van der Waals surface area (Å²) in [6.07, 6.45) is 4.05. The summed E-state index contributed by atoms with van der Waals surface area (Å²) in [4.78, 5) is 19.5. The van der Waals surface area contributed by atoms with Crippen molar-refractivity contribution in [3.8, 4) is 0 Å². The van der Waals surface area contributed by atoms with Crippen molar-refractivity contribution in [1.82, 2.24) is 14.5 Å². The van der Waals surface area contributed by atoms with Gasteiger partial charge < -0.3 is 4.57 Å². The van der Waals surface area contributed by atoms with Crippen molar-refractivity contribution in [2.24, 2.45) is 13.0 Å². The number of nitrogens with zero attached hydrogens (tertiary/aromatic N) is 3. The van der Waals surface area contributed by atoms with Gasteiger partial charge in [-0.05, 0) is 55.0 Å². The van der Waals surface area contributed by atoms with Crippen LogP contribution in [0.3, 0.4) is 0 Å². The van der Waals surface area contributed by atoms with Crippen molar-refractivity contribution in [3.63, 3.8) is 0 Å². The first-order valence-electron chi connectivity index (χ1n) is 8.90. The van der Waals surface area contributed by atoms with Crippen molar-refractivity contribution >= 4 is 10.9 Å². The van der Waals surface area contributed by atoms with Crippen LogP contribution in [0.25, 0.3) is 10.9 Å². The molecule has 4 nitrogen and oxygen atoms in total. The second-order valence-corrected chi connectivity index (χ2v) is 7.01. The van der Waals surface area contributed by atoms with Crippen molar-refractivity contribution in [1.29, 1.82) is 0 Å². The molecular formula is C21H23N3O. The third-order valence-corrected chi connectivity index (χ3v) is 5.20. The monoisotopic (exact) mass is 333 g/mol. The minimum Gasteiger partial charge on any atom is -0.311 e. The molecule has 2 aromatic heterocycles. The van der Waals surface area contributed by atoms with E-state index in [9.17, 15) is 4.79 Å². The molecule has 0 radical (unpaired) electrons. The van der Waals surface area contributed by atoms with Gasteiger partial charge in [0.15, 0.2) is 0 Å². The van der Waals surface area contributed by atoms with Gasteiger partial charge >= 0.3 is 0 Å². The molecule has 0 saturated carbocycles. The van der Waals surface area contributed by atoms with Crippen LogP contribution in [0.5, 0.6) is 0 Å². The van der Waals surface area contributed by atoms with Crippen molar-refractivity contribution in [3.05, 3.63) is 76.3 Å². The highest BCUT2D eigenvalue weighted by atomic mass is 16.1. The quantitative estimate of drug-likeness (QED) is 0.737. The minimum absolute atomic E-state index is 0.117. The highest BCUT2D eigenvalue weighted by molar-refractivity contribution is 5.79. The number of likely N-dealkylation sites (tertiary alicyclic amines) is 1. The molecule has 0 aliphatic carbocycles. The maximum atomic E-state index is 12.7. The SMILES string of the molecule is Cn1c(=O)c(CN2CCC(Cc3ccccn3)C2)cc2ccccc21. The van der Waals surface area contributed by atoms with E-state index in [1.54, 1.807) is 4.57 Å². The first kappa shape index (κ1) is 16.0. The first-order chi connectivity index (χ1) is 12.2. The smallest absolute Gasteiger partial charge is 0.255 e. The number of benzene rings is 1. The minimum atomic E-state index is 0.117. The molecule has 1 atom stereocenters. The molecule has 0 spiro atoms. The number of rotatable bonds is 4. The van der Waals surface area contributed by atoms with E-state index in [1.165, 1.54) is 6.42 Å². The van der Waals surface area contributed by atoms with E-state index in [4.69, 9.17) is 0 Å². The van der Waals surface area contributed by atoms with Gasteiger partial charge in [0.1, 0.15) is 0 Å². The summed E-state index contributed by atoms with van der Waals surface area (Å²) in [5.74, 6) is 0.624. The predicted octanol–water partition coefficient (Wildman–Crippen LogP) is 3.00. The molecule has 3 aromatic rings. The number of hydrogen-bond acceptors (Lipinski definition) is 3. The summed E-state index contributed by atoms with van der Waals surface area (Å²) >= 11 is 0. The molecule has 0 N–H and O–H groups in total. The van der Waals surface area contributed by atoms with Crippen LogP contribution in [0.1, 0.15) is 17.7 Å². The van der Waals surface area contributed by atoms with Crippen LogP contribution in [-0.2, 0) is 20.0 Å². The Bertz CT molecular complexity index is 933. The molecule has 0 amide bonds.